The first kappa shape index (κ1) is 67.4. The van der Waals surface area contributed by atoms with Crippen molar-refractivity contribution in [1.82, 2.24) is 42.5 Å². The SMILES string of the molecule is CC[C@H](C)[C@H](NC(=O)[C@H](CC(C)C)NC(=O)[C@H](CC(C)C)NC(=O)[C@@H](N)CC(N)=O)C(=O)N[C@@H](CCC(=O)O)C(=O)N[C@@H](CC(=O)O)C(=O)N[C@@H](CCSC)C(=O)N[C@@H](CC(=O)O)C(=O)N[C@@H](CC(C)C)C(=O)O. The van der Waals surface area contributed by atoms with E-state index in [9.17, 15) is 82.8 Å². The van der Waals surface area contributed by atoms with Crippen LogP contribution in [0.4, 0.5) is 0 Å². The molecule has 0 aromatic heterocycles. The number of nitrogens with two attached hydrogens (primary N) is 2. The summed E-state index contributed by atoms with van der Waals surface area (Å²) in [5.74, 6) is -16.4. The molecule has 74 heavy (non-hydrogen) atoms. The summed E-state index contributed by atoms with van der Waals surface area (Å²) in [4.78, 5) is 168. The van der Waals surface area contributed by atoms with Crippen LogP contribution in [-0.4, -0.2) is 164 Å². The number of rotatable bonds is 37. The Kier molecular flexibility index (Phi) is 31.0. The maximum atomic E-state index is 14.1. The molecular weight excluding hydrogens is 997 g/mol. The number of hydrogen-bond acceptors (Lipinski definition) is 15. The second kappa shape index (κ2) is 34.0. The molecule has 27 nitrogen and oxygen atoms in total. The topological polar surface area (TPSA) is 451 Å². The zero-order valence-electron chi connectivity index (χ0n) is 43.4. The van der Waals surface area contributed by atoms with Crippen molar-refractivity contribution >= 4 is 88.8 Å². The molecule has 0 rings (SSSR count). The van der Waals surface area contributed by atoms with E-state index in [1.807, 2.05) is 0 Å². The largest absolute Gasteiger partial charge is 0.481 e. The van der Waals surface area contributed by atoms with Gasteiger partial charge in [0.1, 0.15) is 48.3 Å². The third-order valence-electron chi connectivity index (χ3n) is 11.1. The van der Waals surface area contributed by atoms with E-state index < -0.39 is 169 Å². The molecule has 0 aromatic rings. The van der Waals surface area contributed by atoms with Gasteiger partial charge in [-0.15, -0.1) is 0 Å². The molecule has 0 saturated heterocycles. The molecule has 0 aliphatic rings. The summed E-state index contributed by atoms with van der Waals surface area (Å²) in [6.07, 6.45) is -2.25. The van der Waals surface area contributed by atoms with Gasteiger partial charge in [-0.3, -0.25) is 57.5 Å². The van der Waals surface area contributed by atoms with Crippen LogP contribution in [0.25, 0.3) is 0 Å². The fourth-order valence-corrected chi connectivity index (χ4v) is 7.55. The maximum absolute atomic E-state index is 14.1. The van der Waals surface area contributed by atoms with Gasteiger partial charge in [-0.05, 0) is 67.8 Å². The number of carboxylic acid groups (broad SMARTS) is 4. The third-order valence-corrected chi connectivity index (χ3v) is 11.7. The monoisotopic (exact) mass is 1070 g/mol. The molecule has 9 amide bonds. The standard InChI is InChI=1S/C46H78N10O17S/c1-10-24(8)37(56-44(70)29(16-22(4)5)52-41(67)28(15-21(2)3)51-38(64)25(47)18-33(48)57)45(71)50-26(11-12-34(58)59)39(65)53-30(19-35(60)61)42(68)49-27(13-14-74-9)40(66)54-31(20-36(62)63)43(69)55-32(46(72)73)17-23(6)7/h21-32,37H,10-20,47H2,1-9H3,(H2,48,57)(H,49,68)(H,50,71)(H,51,64)(H,52,67)(H,53,65)(H,54,66)(H,55,69)(H,56,70)(H,58,59)(H,60,61)(H,62,63)(H,72,73)/t24-,25-,26-,27-,28-,29-,30-,31-,32-,37-/m0/s1. The normalized spacial score (nSPS) is 15.3. The zero-order chi connectivity index (χ0) is 57.2. The van der Waals surface area contributed by atoms with Crippen molar-refractivity contribution < 1.29 is 82.8 Å². The lowest BCUT2D eigenvalue weighted by Gasteiger charge is -2.30. The van der Waals surface area contributed by atoms with E-state index in [1.165, 1.54) is 11.8 Å². The van der Waals surface area contributed by atoms with Crippen molar-refractivity contribution in [3.8, 4) is 0 Å². The second-order valence-corrected chi connectivity index (χ2v) is 20.2. The molecule has 0 unspecified atom stereocenters. The number of carbonyl (C=O) groups excluding carboxylic acids is 9. The quantitative estimate of drug-likeness (QED) is 0.0317. The Labute approximate surface area is 434 Å². The van der Waals surface area contributed by atoms with E-state index in [0.717, 1.165) is 0 Å². The average Bonchev–Trinajstić information content (AvgIpc) is 3.27. The lowest BCUT2D eigenvalue weighted by atomic mass is 9.95. The summed E-state index contributed by atoms with van der Waals surface area (Å²) in [7, 11) is 0. The molecule has 420 valence electrons. The smallest absolute Gasteiger partial charge is 0.326 e. The van der Waals surface area contributed by atoms with Crippen LogP contribution in [0.5, 0.6) is 0 Å². The van der Waals surface area contributed by atoms with Crippen LogP contribution < -0.4 is 54.0 Å². The Bertz CT molecular complexity index is 1990. The summed E-state index contributed by atoms with van der Waals surface area (Å²) in [5.41, 5.74) is 11.0. The van der Waals surface area contributed by atoms with E-state index in [2.05, 4.69) is 42.5 Å². The van der Waals surface area contributed by atoms with Gasteiger partial charge in [-0.1, -0.05) is 61.8 Å². The number of thioether (sulfide) groups is 1. The van der Waals surface area contributed by atoms with Gasteiger partial charge < -0.3 is 74.4 Å². The summed E-state index contributed by atoms with van der Waals surface area (Å²) < 4.78 is 0. The average molecular weight is 1080 g/mol. The molecular formula is C46H78N10O17S. The van der Waals surface area contributed by atoms with Crippen molar-refractivity contribution in [2.45, 2.75) is 174 Å². The van der Waals surface area contributed by atoms with Crippen LogP contribution in [0.3, 0.4) is 0 Å². The molecule has 0 fully saturated rings. The number of aliphatic carboxylic acids is 4. The van der Waals surface area contributed by atoms with E-state index in [0.29, 0.717) is 0 Å². The number of primary amides is 1. The molecule has 0 aliphatic heterocycles. The molecule has 0 spiro atoms. The van der Waals surface area contributed by atoms with Crippen LogP contribution >= 0.6 is 11.8 Å². The lowest BCUT2D eigenvalue weighted by molar-refractivity contribution is -0.144. The van der Waals surface area contributed by atoms with Crippen LogP contribution in [0.2, 0.25) is 0 Å². The molecule has 28 heteroatoms. The fraction of sp³-hybridized carbons (Fsp3) is 0.717. The van der Waals surface area contributed by atoms with Crippen LogP contribution in [0.15, 0.2) is 0 Å². The van der Waals surface area contributed by atoms with Crippen LogP contribution in [-0.2, 0) is 62.3 Å². The Balaban J connectivity index is 6.79. The van der Waals surface area contributed by atoms with E-state index in [4.69, 9.17) is 11.5 Å². The highest BCUT2D eigenvalue weighted by atomic mass is 32.2. The first-order valence-corrected chi connectivity index (χ1v) is 25.6. The number of nitrogens with one attached hydrogen (secondary N) is 8. The number of amides is 9. The highest BCUT2D eigenvalue weighted by Crippen LogP contribution is 2.15. The molecule has 0 heterocycles. The van der Waals surface area contributed by atoms with E-state index in [-0.39, 0.29) is 55.6 Å². The zero-order valence-corrected chi connectivity index (χ0v) is 44.3. The minimum absolute atomic E-state index is 0.0241. The number of carbonyl (C=O) groups is 13. The van der Waals surface area contributed by atoms with Gasteiger partial charge in [0.05, 0.1) is 25.3 Å². The summed E-state index contributed by atoms with van der Waals surface area (Å²) in [6.45, 7) is 13.6. The molecule has 0 radical (unpaired) electrons. The van der Waals surface area contributed by atoms with Crippen molar-refractivity contribution in [1.29, 1.82) is 0 Å². The molecule has 0 saturated carbocycles. The van der Waals surface area contributed by atoms with Gasteiger partial charge in [0.25, 0.3) is 0 Å². The van der Waals surface area contributed by atoms with Gasteiger partial charge in [0.15, 0.2) is 0 Å². The summed E-state index contributed by atoms with van der Waals surface area (Å²) >= 11 is 1.20. The van der Waals surface area contributed by atoms with Gasteiger partial charge in [-0.25, -0.2) is 4.79 Å². The van der Waals surface area contributed by atoms with Crippen molar-refractivity contribution in [3.63, 3.8) is 0 Å². The van der Waals surface area contributed by atoms with Gasteiger partial charge in [0.2, 0.25) is 53.2 Å². The van der Waals surface area contributed by atoms with Crippen molar-refractivity contribution in [2.24, 2.45) is 35.1 Å². The molecule has 0 aromatic carbocycles. The highest BCUT2D eigenvalue weighted by Gasteiger charge is 2.37. The van der Waals surface area contributed by atoms with Crippen LogP contribution in [0, 0.1) is 23.7 Å². The van der Waals surface area contributed by atoms with Gasteiger partial charge in [-0.2, -0.15) is 11.8 Å². The predicted octanol–water partition coefficient (Wildman–Crippen LogP) is -2.10. The third kappa shape index (κ3) is 26.9. The molecule has 16 N–H and O–H groups in total. The maximum Gasteiger partial charge on any atom is 0.326 e. The van der Waals surface area contributed by atoms with Gasteiger partial charge >= 0.3 is 23.9 Å². The Morgan fingerprint density at radius 1 is 0.446 bits per heavy atom. The first-order valence-electron chi connectivity index (χ1n) is 24.2. The Morgan fingerprint density at radius 3 is 1.19 bits per heavy atom. The molecule has 0 aliphatic carbocycles. The second-order valence-electron chi connectivity index (χ2n) is 19.2. The fourth-order valence-electron chi connectivity index (χ4n) is 7.07. The van der Waals surface area contributed by atoms with Crippen molar-refractivity contribution in [2.75, 3.05) is 12.0 Å². The Hall–Kier alpha value is -6.58. The lowest BCUT2D eigenvalue weighted by Crippen LogP contribution is -2.61. The Morgan fingerprint density at radius 2 is 0.797 bits per heavy atom. The van der Waals surface area contributed by atoms with Gasteiger partial charge in [0, 0.05) is 6.42 Å². The summed E-state index contributed by atoms with van der Waals surface area (Å²) in [5, 5.41) is 57.4. The predicted molar refractivity (Wildman–Crippen MR) is 267 cm³/mol. The summed E-state index contributed by atoms with van der Waals surface area (Å²) in [6, 6.07) is -14.1. The van der Waals surface area contributed by atoms with Crippen molar-refractivity contribution in [3.05, 3.63) is 0 Å². The first-order chi connectivity index (χ1) is 34.3. The minimum Gasteiger partial charge on any atom is -0.481 e. The molecule has 10 atom stereocenters. The van der Waals surface area contributed by atoms with E-state index >= 15 is 0 Å². The minimum atomic E-state index is -2.01. The van der Waals surface area contributed by atoms with Crippen LogP contribution in [0.1, 0.15) is 120 Å². The van der Waals surface area contributed by atoms with E-state index in [1.54, 1.807) is 61.6 Å². The number of hydrogen-bond donors (Lipinski definition) is 14. The highest BCUT2D eigenvalue weighted by molar-refractivity contribution is 7.98. The number of carboxylic acids is 4. The molecule has 0 bridgehead atoms.